The van der Waals surface area contributed by atoms with E-state index >= 15 is 0 Å². The minimum atomic E-state index is -0.633. The molecule has 0 aliphatic carbocycles. The Balaban J connectivity index is 1.95. The summed E-state index contributed by atoms with van der Waals surface area (Å²) < 4.78 is 0. The van der Waals surface area contributed by atoms with Crippen molar-refractivity contribution in [1.29, 1.82) is 0 Å². The molecule has 0 bridgehead atoms. The van der Waals surface area contributed by atoms with E-state index in [1.54, 1.807) is 47.2 Å². The molecule has 0 saturated carbocycles. The second-order valence-corrected chi connectivity index (χ2v) is 9.59. The van der Waals surface area contributed by atoms with Crippen molar-refractivity contribution in [2.75, 3.05) is 29.8 Å². The summed E-state index contributed by atoms with van der Waals surface area (Å²) >= 11 is 3.14. The monoisotopic (exact) mass is 444 g/mol. The number of carbonyl (C=O) groups is 4. The van der Waals surface area contributed by atoms with Crippen LogP contribution in [0.15, 0.2) is 0 Å². The highest BCUT2D eigenvalue weighted by Gasteiger charge is 2.38. The van der Waals surface area contributed by atoms with E-state index in [1.807, 2.05) is 13.8 Å². The van der Waals surface area contributed by atoms with Gasteiger partial charge >= 0.3 is 0 Å². The van der Waals surface area contributed by atoms with Crippen LogP contribution < -0.4 is 10.6 Å². The standard InChI is InChI=1S/C19H32N4O4S2/c1-5-15(24)22-11-28-8-13(22)17(26)20-10-19(4,7-3)21-18(27)14-9-29-12-23(14)16(25)6-2/h13-14H,5-12H2,1-4H3,(H,20,26)(H,21,27). The van der Waals surface area contributed by atoms with E-state index in [1.165, 1.54) is 0 Å². The van der Waals surface area contributed by atoms with Crippen LogP contribution in [0.2, 0.25) is 0 Å². The summed E-state index contributed by atoms with van der Waals surface area (Å²) in [4.78, 5) is 52.9. The Bertz CT molecular complexity index is 648. The molecule has 4 amide bonds. The van der Waals surface area contributed by atoms with Crippen molar-refractivity contribution in [3.05, 3.63) is 0 Å². The second kappa shape index (κ2) is 10.6. The molecule has 0 aromatic rings. The third kappa shape index (κ3) is 5.81. The SMILES string of the molecule is CCC(=O)N1CSCC1C(=O)NCC(C)(CC)NC(=O)C1CSCN1C(=O)CC. The van der Waals surface area contributed by atoms with Gasteiger partial charge in [0.2, 0.25) is 23.6 Å². The van der Waals surface area contributed by atoms with Gasteiger partial charge in [-0.25, -0.2) is 0 Å². The molecule has 2 aliphatic heterocycles. The Morgan fingerprint density at radius 2 is 1.38 bits per heavy atom. The van der Waals surface area contributed by atoms with Crippen LogP contribution in [0, 0.1) is 0 Å². The third-order valence-electron chi connectivity index (χ3n) is 5.47. The molecule has 29 heavy (non-hydrogen) atoms. The summed E-state index contributed by atoms with van der Waals surface area (Å²) in [5, 5.41) is 5.96. The molecule has 2 N–H and O–H groups in total. The van der Waals surface area contributed by atoms with Crippen molar-refractivity contribution in [1.82, 2.24) is 20.4 Å². The van der Waals surface area contributed by atoms with Gasteiger partial charge in [0.05, 0.1) is 17.3 Å². The average molecular weight is 445 g/mol. The lowest BCUT2D eigenvalue weighted by molar-refractivity contribution is -0.139. The molecular formula is C19H32N4O4S2. The Labute approximate surface area is 181 Å². The lowest BCUT2D eigenvalue weighted by Gasteiger charge is -2.33. The molecule has 2 rings (SSSR count). The van der Waals surface area contributed by atoms with E-state index in [4.69, 9.17) is 0 Å². The van der Waals surface area contributed by atoms with E-state index < -0.39 is 17.6 Å². The van der Waals surface area contributed by atoms with Crippen molar-refractivity contribution in [2.45, 2.75) is 64.6 Å². The summed E-state index contributed by atoms with van der Waals surface area (Å²) in [6.07, 6.45) is 1.37. The number of nitrogens with zero attached hydrogens (tertiary/aromatic N) is 2. The molecule has 8 nitrogen and oxygen atoms in total. The molecule has 2 aliphatic rings. The maximum atomic E-state index is 12.8. The molecule has 2 saturated heterocycles. The van der Waals surface area contributed by atoms with Crippen LogP contribution in [-0.4, -0.2) is 80.9 Å². The maximum absolute atomic E-state index is 12.8. The fourth-order valence-corrected chi connectivity index (χ4v) is 5.62. The smallest absolute Gasteiger partial charge is 0.244 e. The summed E-state index contributed by atoms with van der Waals surface area (Å²) in [5.41, 5.74) is -0.633. The Hall–Kier alpha value is -1.42. The van der Waals surface area contributed by atoms with Crippen molar-refractivity contribution in [3.8, 4) is 0 Å². The minimum absolute atomic E-state index is 0.0267. The van der Waals surface area contributed by atoms with E-state index in [-0.39, 0.29) is 30.2 Å². The molecule has 10 heteroatoms. The molecule has 0 spiro atoms. The summed E-state index contributed by atoms with van der Waals surface area (Å²) in [6, 6.07) is -0.939. The molecule has 0 aromatic carbocycles. The topological polar surface area (TPSA) is 98.8 Å². The van der Waals surface area contributed by atoms with Crippen molar-refractivity contribution in [2.24, 2.45) is 0 Å². The number of hydrogen-bond acceptors (Lipinski definition) is 6. The predicted octanol–water partition coefficient (Wildman–Crippen LogP) is 1.01. The van der Waals surface area contributed by atoms with Crippen LogP contribution in [0.1, 0.15) is 47.0 Å². The van der Waals surface area contributed by atoms with E-state index in [0.29, 0.717) is 42.5 Å². The molecule has 0 radical (unpaired) electrons. The van der Waals surface area contributed by atoms with Gasteiger partial charge in [-0.05, 0) is 13.3 Å². The molecule has 0 aromatic heterocycles. The summed E-state index contributed by atoms with van der Waals surface area (Å²) in [6.45, 7) is 7.68. The first-order chi connectivity index (χ1) is 13.8. The highest BCUT2D eigenvalue weighted by Crippen LogP contribution is 2.24. The van der Waals surface area contributed by atoms with Gasteiger partial charge in [-0.2, -0.15) is 0 Å². The van der Waals surface area contributed by atoms with Gasteiger partial charge in [0.15, 0.2) is 0 Å². The van der Waals surface area contributed by atoms with Crippen molar-refractivity contribution >= 4 is 47.2 Å². The lowest BCUT2D eigenvalue weighted by Crippen LogP contribution is -2.59. The lowest BCUT2D eigenvalue weighted by atomic mass is 9.97. The molecule has 3 unspecified atom stereocenters. The fourth-order valence-electron chi connectivity index (χ4n) is 3.26. The first-order valence-electron chi connectivity index (χ1n) is 10.1. The zero-order chi connectivity index (χ0) is 21.6. The van der Waals surface area contributed by atoms with Gasteiger partial charge in [0.1, 0.15) is 12.1 Å². The van der Waals surface area contributed by atoms with Gasteiger partial charge < -0.3 is 20.4 Å². The number of rotatable bonds is 8. The summed E-state index contributed by atoms with van der Waals surface area (Å²) in [7, 11) is 0. The van der Waals surface area contributed by atoms with Crippen LogP contribution >= 0.6 is 23.5 Å². The Morgan fingerprint density at radius 1 is 0.897 bits per heavy atom. The highest BCUT2D eigenvalue weighted by atomic mass is 32.2. The van der Waals surface area contributed by atoms with Gasteiger partial charge in [-0.3, -0.25) is 19.2 Å². The van der Waals surface area contributed by atoms with Crippen molar-refractivity contribution in [3.63, 3.8) is 0 Å². The first-order valence-corrected chi connectivity index (χ1v) is 12.4. The van der Waals surface area contributed by atoms with E-state index in [0.717, 1.165) is 0 Å². The second-order valence-electron chi connectivity index (χ2n) is 7.59. The van der Waals surface area contributed by atoms with Crippen LogP contribution in [-0.2, 0) is 19.2 Å². The Morgan fingerprint density at radius 3 is 1.83 bits per heavy atom. The zero-order valence-electron chi connectivity index (χ0n) is 17.7. The third-order valence-corrected chi connectivity index (χ3v) is 7.50. The van der Waals surface area contributed by atoms with Gasteiger partial charge in [0.25, 0.3) is 0 Å². The molecule has 3 atom stereocenters. The molecule has 164 valence electrons. The number of hydrogen-bond donors (Lipinski definition) is 2. The van der Waals surface area contributed by atoms with E-state index in [2.05, 4.69) is 10.6 Å². The Kier molecular flexibility index (Phi) is 8.69. The molecule has 2 fully saturated rings. The predicted molar refractivity (Wildman–Crippen MR) is 116 cm³/mol. The minimum Gasteiger partial charge on any atom is -0.352 e. The maximum Gasteiger partial charge on any atom is 0.244 e. The normalized spacial score (nSPS) is 23.6. The average Bonchev–Trinajstić information content (AvgIpc) is 3.40. The largest absolute Gasteiger partial charge is 0.352 e. The van der Waals surface area contributed by atoms with Gasteiger partial charge in [-0.15, -0.1) is 23.5 Å². The van der Waals surface area contributed by atoms with Crippen molar-refractivity contribution < 1.29 is 19.2 Å². The van der Waals surface area contributed by atoms with Crippen LogP contribution in [0.4, 0.5) is 0 Å². The van der Waals surface area contributed by atoms with Crippen LogP contribution in [0.3, 0.4) is 0 Å². The fraction of sp³-hybridized carbons (Fsp3) is 0.789. The number of thioether (sulfide) groups is 2. The van der Waals surface area contributed by atoms with E-state index in [9.17, 15) is 19.2 Å². The number of carbonyl (C=O) groups excluding carboxylic acids is 4. The van der Waals surface area contributed by atoms with Gasteiger partial charge in [0, 0.05) is 30.9 Å². The zero-order valence-corrected chi connectivity index (χ0v) is 19.3. The van der Waals surface area contributed by atoms with Crippen LogP contribution in [0.5, 0.6) is 0 Å². The molecule has 2 heterocycles. The highest BCUT2D eigenvalue weighted by molar-refractivity contribution is 7.99. The van der Waals surface area contributed by atoms with Crippen LogP contribution in [0.25, 0.3) is 0 Å². The summed E-state index contributed by atoms with van der Waals surface area (Å²) in [5.74, 6) is 1.80. The number of nitrogens with one attached hydrogen (secondary N) is 2. The quantitative estimate of drug-likeness (QED) is 0.580. The number of amides is 4. The van der Waals surface area contributed by atoms with Gasteiger partial charge in [-0.1, -0.05) is 20.8 Å². The first kappa shape index (κ1) is 23.9. The molecular weight excluding hydrogens is 412 g/mol.